The van der Waals surface area contributed by atoms with Crippen molar-refractivity contribution in [3.05, 3.63) is 52.0 Å². The number of carbonyl (C=O) groups excluding carboxylic acids is 1. The molecule has 0 radical (unpaired) electrons. The predicted molar refractivity (Wildman–Crippen MR) is 107 cm³/mol. The number of hydrogen-bond donors (Lipinski definition) is 1. The van der Waals surface area contributed by atoms with Gasteiger partial charge in [-0.2, -0.15) is 5.10 Å². The molecule has 0 aliphatic carbocycles. The molecule has 1 fully saturated rings. The zero-order chi connectivity index (χ0) is 19.2. The molecule has 0 saturated carbocycles. The van der Waals surface area contributed by atoms with Crippen molar-refractivity contribution in [2.75, 3.05) is 11.5 Å². The maximum atomic E-state index is 12.6. The Kier molecular flexibility index (Phi) is 4.55. The summed E-state index contributed by atoms with van der Waals surface area (Å²) in [6.45, 7) is 4.64. The van der Waals surface area contributed by atoms with E-state index in [9.17, 15) is 13.2 Å². The monoisotopic (exact) mass is 403 g/mol. The van der Waals surface area contributed by atoms with E-state index in [4.69, 9.17) is 0 Å². The van der Waals surface area contributed by atoms with Gasteiger partial charge in [0.2, 0.25) is 0 Å². The molecule has 1 aromatic carbocycles. The molecule has 1 aliphatic rings. The summed E-state index contributed by atoms with van der Waals surface area (Å²) < 4.78 is 25.1. The van der Waals surface area contributed by atoms with Crippen molar-refractivity contribution in [3.8, 4) is 0 Å². The zero-order valence-electron chi connectivity index (χ0n) is 15.2. The van der Waals surface area contributed by atoms with Gasteiger partial charge in [-0.05, 0) is 31.9 Å². The summed E-state index contributed by atoms with van der Waals surface area (Å²) in [5.74, 6) is -0.0293. The van der Waals surface area contributed by atoms with Crippen molar-refractivity contribution in [1.29, 1.82) is 0 Å². The van der Waals surface area contributed by atoms with Crippen molar-refractivity contribution < 1.29 is 13.2 Å². The molecule has 3 heterocycles. The molecular formula is C19H21N3O3S2. The molecule has 4 rings (SSSR count). The van der Waals surface area contributed by atoms with Crippen LogP contribution in [0.15, 0.2) is 30.3 Å². The fourth-order valence-electron chi connectivity index (χ4n) is 3.36. The van der Waals surface area contributed by atoms with Gasteiger partial charge in [0.25, 0.3) is 5.91 Å². The number of nitrogens with one attached hydrogen (secondary N) is 1. The van der Waals surface area contributed by atoms with Crippen LogP contribution in [0.5, 0.6) is 0 Å². The largest absolute Gasteiger partial charge is 0.348 e. The number of aryl methyl sites for hydroxylation is 2. The number of aromatic nitrogens is 2. The third kappa shape index (κ3) is 3.77. The fourth-order valence-corrected chi connectivity index (χ4v) is 6.10. The Morgan fingerprint density at radius 1 is 1.30 bits per heavy atom. The van der Waals surface area contributed by atoms with Gasteiger partial charge in [0.05, 0.1) is 28.6 Å². The van der Waals surface area contributed by atoms with Gasteiger partial charge >= 0.3 is 0 Å². The van der Waals surface area contributed by atoms with Crippen molar-refractivity contribution >= 4 is 37.3 Å². The smallest absolute Gasteiger partial charge is 0.261 e. The highest BCUT2D eigenvalue weighted by Crippen LogP contribution is 2.29. The number of carbonyl (C=O) groups is 1. The molecule has 1 N–H and O–H groups in total. The second-order valence-electron chi connectivity index (χ2n) is 7.13. The van der Waals surface area contributed by atoms with Gasteiger partial charge in [-0.1, -0.05) is 29.8 Å². The van der Waals surface area contributed by atoms with Gasteiger partial charge in [-0.3, -0.25) is 9.48 Å². The third-order valence-corrected chi connectivity index (χ3v) is 7.77. The molecule has 27 heavy (non-hydrogen) atoms. The maximum absolute atomic E-state index is 12.6. The summed E-state index contributed by atoms with van der Waals surface area (Å²) in [6, 6.07) is 9.88. The molecule has 2 aromatic heterocycles. The fraction of sp³-hybridized carbons (Fsp3) is 0.368. The second-order valence-corrected chi connectivity index (χ2v) is 10.4. The molecule has 0 spiro atoms. The number of benzene rings is 1. The summed E-state index contributed by atoms with van der Waals surface area (Å²) in [4.78, 5) is 14.1. The van der Waals surface area contributed by atoms with Crippen molar-refractivity contribution in [3.63, 3.8) is 0 Å². The molecule has 1 atom stereocenters. The number of fused-ring (bicyclic) bond motifs is 1. The normalized spacial score (nSPS) is 18.8. The first-order valence-corrected chi connectivity index (χ1v) is 11.5. The topological polar surface area (TPSA) is 81.1 Å². The van der Waals surface area contributed by atoms with Crippen LogP contribution in [0.25, 0.3) is 10.2 Å². The van der Waals surface area contributed by atoms with E-state index in [1.165, 1.54) is 16.9 Å². The van der Waals surface area contributed by atoms with Crippen LogP contribution in [0.3, 0.4) is 0 Å². The first-order valence-electron chi connectivity index (χ1n) is 8.84. The first kappa shape index (κ1) is 18.2. The number of amides is 1. The van der Waals surface area contributed by atoms with Crippen LogP contribution >= 0.6 is 11.3 Å². The van der Waals surface area contributed by atoms with Crippen molar-refractivity contribution in [2.24, 2.45) is 0 Å². The predicted octanol–water partition coefficient (Wildman–Crippen LogP) is 2.68. The van der Waals surface area contributed by atoms with Crippen LogP contribution in [-0.4, -0.2) is 41.7 Å². The summed E-state index contributed by atoms with van der Waals surface area (Å²) in [5.41, 5.74) is 3.25. The van der Waals surface area contributed by atoms with Gasteiger partial charge in [0.1, 0.15) is 4.83 Å². The highest BCUT2D eigenvalue weighted by molar-refractivity contribution is 7.91. The summed E-state index contributed by atoms with van der Waals surface area (Å²) in [6.07, 6.45) is 0.485. The molecule has 1 saturated heterocycles. The molecule has 3 aromatic rings. The lowest BCUT2D eigenvalue weighted by Crippen LogP contribution is -2.35. The lowest BCUT2D eigenvalue weighted by atomic mass is 10.1. The van der Waals surface area contributed by atoms with E-state index in [0.29, 0.717) is 17.8 Å². The van der Waals surface area contributed by atoms with Crippen LogP contribution in [0.2, 0.25) is 0 Å². The Hall–Kier alpha value is -2.19. The van der Waals surface area contributed by atoms with Gasteiger partial charge < -0.3 is 5.32 Å². The molecule has 1 amide bonds. The molecule has 1 unspecified atom stereocenters. The molecule has 0 bridgehead atoms. The van der Waals surface area contributed by atoms with E-state index >= 15 is 0 Å². The number of rotatable bonds is 4. The van der Waals surface area contributed by atoms with Gasteiger partial charge in [-0.15, -0.1) is 11.3 Å². The van der Waals surface area contributed by atoms with Gasteiger partial charge in [0.15, 0.2) is 9.84 Å². The molecule has 6 nitrogen and oxygen atoms in total. The maximum Gasteiger partial charge on any atom is 0.261 e. The third-order valence-electron chi connectivity index (χ3n) is 4.85. The number of hydrogen-bond acceptors (Lipinski definition) is 5. The number of thiophene rings is 1. The van der Waals surface area contributed by atoms with Crippen LogP contribution in [0, 0.1) is 13.8 Å². The van der Waals surface area contributed by atoms with Gasteiger partial charge in [0, 0.05) is 11.4 Å². The average Bonchev–Trinajstić information content (AvgIpc) is 3.26. The van der Waals surface area contributed by atoms with Gasteiger partial charge in [-0.25, -0.2) is 8.42 Å². The Balaban J connectivity index is 1.57. The van der Waals surface area contributed by atoms with Crippen LogP contribution in [-0.2, 0) is 16.4 Å². The van der Waals surface area contributed by atoms with E-state index in [1.807, 2.05) is 17.7 Å². The molecular weight excluding hydrogens is 382 g/mol. The van der Waals surface area contributed by atoms with E-state index in [0.717, 1.165) is 21.5 Å². The van der Waals surface area contributed by atoms with E-state index in [2.05, 4.69) is 41.6 Å². The van der Waals surface area contributed by atoms with Crippen molar-refractivity contribution in [2.45, 2.75) is 32.9 Å². The van der Waals surface area contributed by atoms with Crippen LogP contribution in [0.1, 0.15) is 32.9 Å². The minimum atomic E-state index is -3.01. The van der Waals surface area contributed by atoms with E-state index < -0.39 is 9.84 Å². The number of nitrogens with zero attached hydrogens (tertiary/aromatic N) is 2. The SMILES string of the molecule is Cc1ccc(Cn2nc(C)c3cc(C(=O)NC4CCS(=O)(=O)C4)sc32)cc1. The Morgan fingerprint density at radius 3 is 2.70 bits per heavy atom. The highest BCUT2D eigenvalue weighted by atomic mass is 32.2. The first-order chi connectivity index (χ1) is 12.8. The Morgan fingerprint density at radius 2 is 2.04 bits per heavy atom. The average molecular weight is 404 g/mol. The molecule has 142 valence electrons. The summed E-state index contributed by atoms with van der Waals surface area (Å²) >= 11 is 1.40. The van der Waals surface area contributed by atoms with Crippen LogP contribution < -0.4 is 5.32 Å². The van der Waals surface area contributed by atoms with E-state index in [-0.39, 0.29) is 23.5 Å². The Labute approximate surface area is 162 Å². The number of sulfone groups is 1. The lowest BCUT2D eigenvalue weighted by molar-refractivity contribution is 0.0945. The lowest BCUT2D eigenvalue weighted by Gasteiger charge is -2.09. The quantitative estimate of drug-likeness (QED) is 0.726. The van der Waals surface area contributed by atoms with E-state index in [1.54, 1.807) is 0 Å². The summed E-state index contributed by atoms with van der Waals surface area (Å²) in [5, 5.41) is 8.43. The Bertz CT molecular complexity index is 1110. The molecule has 8 heteroatoms. The standard InChI is InChI=1S/C19H21N3O3S2/c1-12-3-5-14(6-4-12)10-22-19-16(13(2)21-22)9-17(26-19)18(23)20-15-7-8-27(24,25)11-15/h3-6,9,15H,7-8,10-11H2,1-2H3,(H,20,23). The molecule has 1 aliphatic heterocycles. The van der Waals surface area contributed by atoms with Crippen LogP contribution in [0.4, 0.5) is 0 Å². The minimum Gasteiger partial charge on any atom is -0.348 e. The summed E-state index contributed by atoms with van der Waals surface area (Å²) in [7, 11) is -3.01. The minimum absolute atomic E-state index is 0.0316. The second kappa shape index (κ2) is 6.76. The van der Waals surface area contributed by atoms with Crippen molar-refractivity contribution in [1.82, 2.24) is 15.1 Å². The zero-order valence-corrected chi connectivity index (χ0v) is 16.9. The highest BCUT2D eigenvalue weighted by Gasteiger charge is 2.29.